The first kappa shape index (κ1) is 17.6. The highest BCUT2D eigenvalue weighted by Gasteiger charge is 2.35. The number of methoxy groups -OCH3 is 1. The zero-order chi connectivity index (χ0) is 17.8. The van der Waals surface area contributed by atoms with E-state index in [1.165, 1.54) is 0 Å². The van der Waals surface area contributed by atoms with Crippen LogP contribution in [-0.2, 0) is 17.9 Å². The third-order valence-electron chi connectivity index (χ3n) is 4.64. The van der Waals surface area contributed by atoms with Gasteiger partial charge < -0.3 is 19.7 Å². The van der Waals surface area contributed by atoms with Crippen molar-refractivity contribution in [3.05, 3.63) is 47.0 Å². The lowest BCUT2D eigenvalue weighted by atomic mass is 9.79. The van der Waals surface area contributed by atoms with E-state index >= 15 is 0 Å². The molecule has 3 rings (SSSR count). The smallest absolute Gasteiger partial charge is 0.251 e. The Morgan fingerprint density at radius 1 is 1.40 bits per heavy atom. The fraction of sp³-hybridized carbons (Fsp3) is 0.500. The number of nitrogens with one attached hydrogen (secondary N) is 1. The normalized spacial score (nSPS) is 19.5. The topological polar surface area (TPSA) is 89.3 Å². The molecule has 1 saturated carbocycles. The maximum atomic E-state index is 12.3. The lowest BCUT2D eigenvalue weighted by molar-refractivity contribution is 0.0906. The fourth-order valence-electron chi connectivity index (χ4n) is 3.20. The maximum absolute atomic E-state index is 12.3. The minimum absolute atomic E-state index is 0.0379. The number of aromatic nitrogens is 3. The molecule has 2 aromatic rings. The molecule has 0 bridgehead atoms. The van der Waals surface area contributed by atoms with Gasteiger partial charge in [0, 0.05) is 31.2 Å². The molecule has 1 amide bonds. The number of rotatable bonds is 7. The van der Waals surface area contributed by atoms with Crippen LogP contribution >= 0.6 is 0 Å². The molecule has 0 radical (unpaired) electrons. The predicted octanol–water partition coefficient (Wildman–Crippen LogP) is 1.40. The molecule has 1 fully saturated rings. The Kier molecular flexibility index (Phi) is 5.45. The van der Waals surface area contributed by atoms with Crippen LogP contribution < -0.4 is 5.32 Å². The SMILES string of the molecule is COCCn1c(CO)nnc1C1CC(NC(=O)c2cccc(C)c2)C1. The molecule has 1 aromatic carbocycles. The summed E-state index contributed by atoms with van der Waals surface area (Å²) in [4.78, 5) is 12.3. The van der Waals surface area contributed by atoms with Crippen LogP contribution in [0.3, 0.4) is 0 Å². The number of aliphatic hydroxyl groups excluding tert-OH is 1. The number of carbonyl (C=O) groups is 1. The van der Waals surface area contributed by atoms with Crippen molar-refractivity contribution in [2.24, 2.45) is 0 Å². The number of benzene rings is 1. The van der Waals surface area contributed by atoms with Crippen LogP contribution in [0.25, 0.3) is 0 Å². The van der Waals surface area contributed by atoms with Crippen LogP contribution in [0.2, 0.25) is 0 Å². The van der Waals surface area contributed by atoms with E-state index in [1.807, 2.05) is 35.8 Å². The molecule has 7 heteroatoms. The van der Waals surface area contributed by atoms with Crippen molar-refractivity contribution >= 4 is 5.91 Å². The third kappa shape index (κ3) is 3.88. The van der Waals surface area contributed by atoms with Gasteiger partial charge in [0.25, 0.3) is 5.91 Å². The molecule has 0 saturated heterocycles. The molecule has 1 heterocycles. The first-order valence-corrected chi connectivity index (χ1v) is 8.51. The van der Waals surface area contributed by atoms with E-state index in [-0.39, 0.29) is 24.5 Å². The van der Waals surface area contributed by atoms with Crippen LogP contribution in [0, 0.1) is 6.92 Å². The molecule has 2 N–H and O–H groups in total. The van der Waals surface area contributed by atoms with Crippen LogP contribution in [0.5, 0.6) is 0 Å². The van der Waals surface area contributed by atoms with Crippen molar-refractivity contribution in [2.45, 2.75) is 44.9 Å². The zero-order valence-corrected chi connectivity index (χ0v) is 14.6. The molecule has 1 aromatic heterocycles. The van der Waals surface area contributed by atoms with Crippen LogP contribution in [0.4, 0.5) is 0 Å². The van der Waals surface area contributed by atoms with Crippen molar-refractivity contribution in [2.75, 3.05) is 13.7 Å². The van der Waals surface area contributed by atoms with Gasteiger partial charge in [-0.1, -0.05) is 17.7 Å². The maximum Gasteiger partial charge on any atom is 0.251 e. The van der Waals surface area contributed by atoms with E-state index in [1.54, 1.807) is 7.11 Å². The van der Waals surface area contributed by atoms with Gasteiger partial charge in [-0.2, -0.15) is 0 Å². The average Bonchev–Trinajstić information content (AvgIpc) is 2.97. The highest BCUT2D eigenvalue weighted by molar-refractivity contribution is 5.94. The van der Waals surface area contributed by atoms with E-state index in [0.717, 1.165) is 24.2 Å². The quantitative estimate of drug-likeness (QED) is 0.792. The van der Waals surface area contributed by atoms with Crippen LogP contribution in [0.15, 0.2) is 24.3 Å². The highest BCUT2D eigenvalue weighted by Crippen LogP contribution is 2.36. The summed E-state index contributed by atoms with van der Waals surface area (Å²) < 4.78 is 7.04. The van der Waals surface area contributed by atoms with E-state index in [9.17, 15) is 9.90 Å². The molecule has 25 heavy (non-hydrogen) atoms. The zero-order valence-electron chi connectivity index (χ0n) is 14.6. The third-order valence-corrected chi connectivity index (χ3v) is 4.64. The number of hydrogen-bond acceptors (Lipinski definition) is 5. The molecule has 0 unspecified atom stereocenters. The van der Waals surface area contributed by atoms with Crippen molar-refractivity contribution < 1.29 is 14.6 Å². The number of aryl methyl sites for hydroxylation is 1. The summed E-state index contributed by atoms with van der Waals surface area (Å²) in [6, 6.07) is 7.72. The lowest BCUT2D eigenvalue weighted by Crippen LogP contribution is -2.44. The number of hydrogen-bond donors (Lipinski definition) is 2. The van der Waals surface area contributed by atoms with Gasteiger partial charge in [-0.15, -0.1) is 10.2 Å². The molecule has 0 aliphatic heterocycles. The van der Waals surface area contributed by atoms with Crippen molar-refractivity contribution in [1.82, 2.24) is 20.1 Å². The number of aliphatic hydroxyl groups is 1. The summed E-state index contributed by atoms with van der Waals surface area (Å²) in [7, 11) is 1.64. The Bertz CT molecular complexity index is 738. The molecule has 0 spiro atoms. The Morgan fingerprint density at radius 2 is 2.20 bits per heavy atom. The number of amides is 1. The lowest BCUT2D eigenvalue weighted by Gasteiger charge is -2.35. The van der Waals surface area contributed by atoms with Gasteiger partial charge >= 0.3 is 0 Å². The van der Waals surface area contributed by atoms with Crippen molar-refractivity contribution in [1.29, 1.82) is 0 Å². The summed E-state index contributed by atoms with van der Waals surface area (Å²) in [6.07, 6.45) is 1.65. The Balaban J connectivity index is 1.59. The van der Waals surface area contributed by atoms with E-state index < -0.39 is 0 Å². The summed E-state index contributed by atoms with van der Waals surface area (Å²) in [6.45, 7) is 2.99. The van der Waals surface area contributed by atoms with Crippen LogP contribution in [0.1, 0.15) is 46.3 Å². The molecule has 134 valence electrons. The second kappa shape index (κ2) is 7.76. The minimum atomic E-state index is -0.142. The van der Waals surface area contributed by atoms with E-state index in [4.69, 9.17) is 4.74 Å². The second-order valence-electron chi connectivity index (χ2n) is 6.49. The summed E-state index contributed by atoms with van der Waals surface area (Å²) in [5.41, 5.74) is 1.76. The standard InChI is InChI=1S/C18H24N4O3/c1-12-4-3-5-13(8-12)18(24)19-15-9-14(10-15)17-21-20-16(11-23)22(17)6-7-25-2/h3-5,8,14-15,23H,6-7,9-11H2,1-2H3,(H,19,24). The monoisotopic (exact) mass is 344 g/mol. The molecule has 1 aliphatic rings. The molecule has 7 nitrogen and oxygen atoms in total. The molecular weight excluding hydrogens is 320 g/mol. The number of carbonyl (C=O) groups excluding carboxylic acids is 1. The van der Waals surface area contributed by atoms with Crippen LogP contribution in [-0.4, -0.2) is 45.5 Å². The fourth-order valence-corrected chi connectivity index (χ4v) is 3.20. The summed E-state index contributed by atoms with van der Waals surface area (Å²) in [5.74, 6) is 1.62. The Hall–Kier alpha value is -2.25. The number of nitrogens with zero attached hydrogens (tertiary/aromatic N) is 3. The minimum Gasteiger partial charge on any atom is -0.388 e. The van der Waals surface area contributed by atoms with Gasteiger partial charge in [-0.25, -0.2) is 0 Å². The van der Waals surface area contributed by atoms with Gasteiger partial charge in [0.05, 0.1) is 6.61 Å². The second-order valence-corrected chi connectivity index (χ2v) is 6.49. The molecule has 0 atom stereocenters. The predicted molar refractivity (Wildman–Crippen MR) is 92.2 cm³/mol. The molecule has 1 aliphatic carbocycles. The van der Waals surface area contributed by atoms with Crippen molar-refractivity contribution in [3.63, 3.8) is 0 Å². The molecular formula is C18H24N4O3. The summed E-state index contributed by atoms with van der Waals surface area (Å²) >= 11 is 0. The summed E-state index contributed by atoms with van der Waals surface area (Å²) in [5, 5.41) is 20.8. The van der Waals surface area contributed by atoms with Gasteiger partial charge in [0.15, 0.2) is 5.82 Å². The van der Waals surface area contributed by atoms with Gasteiger partial charge in [0.2, 0.25) is 0 Å². The Labute approximate surface area is 147 Å². The first-order chi connectivity index (χ1) is 12.1. The Morgan fingerprint density at radius 3 is 2.88 bits per heavy atom. The van der Waals surface area contributed by atoms with Gasteiger partial charge in [-0.05, 0) is 31.9 Å². The van der Waals surface area contributed by atoms with E-state index in [2.05, 4.69) is 15.5 Å². The van der Waals surface area contributed by atoms with Gasteiger partial charge in [0.1, 0.15) is 12.4 Å². The number of ether oxygens (including phenoxy) is 1. The van der Waals surface area contributed by atoms with Gasteiger partial charge in [-0.3, -0.25) is 4.79 Å². The average molecular weight is 344 g/mol. The first-order valence-electron chi connectivity index (χ1n) is 8.51. The van der Waals surface area contributed by atoms with Crippen molar-refractivity contribution in [3.8, 4) is 0 Å². The highest BCUT2D eigenvalue weighted by atomic mass is 16.5. The largest absolute Gasteiger partial charge is 0.388 e. The van der Waals surface area contributed by atoms with E-state index in [0.29, 0.717) is 24.5 Å².